The standard InChI is InChI=1S/C24H20N2O4S/c1-16-10-12-17(13-11-16)24(27)20-14-15-22(19-7-3-2-6-18(19)20)26(30-31(28)29)23-9-5-4-8-21(23)25/h2-15H,25H2,1H3,(H,28,29)/p-1. The molecule has 2 N–H and O–H groups in total. The molecule has 4 aromatic rings. The van der Waals surface area contributed by atoms with Crippen LogP contribution >= 0.6 is 0 Å². The smallest absolute Gasteiger partial charge is 0.193 e. The van der Waals surface area contributed by atoms with E-state index in [9.17, 15) is 13.6 Å². The fourth-order valence-corrected chi connectivity index (χ4v) is 3.74. The lowest BCUT2D eigenvalue weighted by atomic mass is 9.95. The van der Waals surface area contributed by atoms with Gasteiger partial charge in [-0.2, -0.15) is 4.28 Å². The Kier molecular flexibility index (Phi) is 5.81. The Labute approximate surface area is 182 Å². The van der Waals surface area contributed by atoms with Crippen molar-refractivity contribution < 1.29 is 17.8 Å². The zero-order valence-corrected chi connectivity index (χ0v) is 17.5. The number of fused-ring (bicyclic) bond motifs is 1. The van der Waals surface area contributed by atoms with E-state index in [-0.39, 0.29) is 5.78 Å². The first-order chi connectivity index (χ1) is 15.0. The van der Waals surface area contributed by atoms with Crippen LogP contribution in [-0.4, -0.2) is 14.5 Å². The number of carbonyl (C=O) groups excluding carboxylic acids is 1. The molecular weight excluding hydrogens is 412 g/mol. The Hall–Kier alpha value is -3.52. The number of nitrogens with two attached hydrogens (primary N) is 1. The van der Waals surface area contributed by atoms with Gasteiger partial charge in [0.05, 0.1) is 17.1 Å². The maximum atomic E-state index is 13.2. The molecule has 0 spiro atoms. The molecule has 0 heterocycles. The van der Waals surface area contributed by atoms with Crippen molar-refractivity contribution in [1.29, 1.82) is 0 Å². The first-order valence-corrected chi connectivity index (χ1v) is 10.5. The summed E-state index contributed by atoms with van der Waals surface area (Å²) in [4.78, 5) is 13.2. The quantitative estimate of drug-likeness (QED) is 0.203. The van der Waals surface area contributed by atoms with Gasteiger partial charge in [0, 0.05) is 16.5 Å². The van der Waals surface area contributed by atoms with E-state index in [0.29, 0.717) is 39.0 Å². The van der Waals surface area contributed by atoms with Crippen molar-refractivity contribution in [3.8, 4) is 0 Å². The van der Waals surface area contributed by atoms with Gasteiger partial charge in [-0.15, -0.1) is 0 Å². The van der Waals surface area contributed by atoms with Crippen LogP contribution in [0.15, 0.2) is 84.9 Å². The number of anilines is 3. The van der Waals surface area contributed by atoms with Crippen LogP contribution in [0.5, 0.6) is 0 Å². The molecular formula is C24H19N2O4S-. The van der Waals surface area contributed by atoms with E-state index in [4.69, 9.17) is 10.0 Å². The van der Waals surface area contributed by atoms with Crippen molar-refractivity contribution in [2.45, 2.75) is 6.92 Å². The molecule has 0 aliphatic heterocycles. The summed E-state index contributed by atoms with van der Waals surface area (Å²) in [5, 5.41) is 2.47. The normalized spacial score (nSPS) is 11.9. The topological polar surface area (TPSA) is 95.7 Å². The number of rotatable bonds is 6. The van der Waals surface area contributed by atoms with E-state index in [2.05, 4.69) is 0 Å². The van der Waals surface area contributed by atoms with E-state index in [1.165, 1.54) is 0 Å². The molecule has 0 aromatic heterocycles. The van der Waals surface area contributed by atoms with Gasteiger partial charge in [0.2, 0.25) is 0 Å². The highest BCUT2D eigenvalue weighted by Gasteiger charge is 2.20. The van der Waals surface area contributed by atoms with Crippen molar-refractivity contribution in [3.63, 3.8) is 0 Å². The van der Waals surface area contributed by atoms with Crippen LogP contribution in [0, 0.1) is 6.92 Å². The number of para-hydroxylation sites is 2. The van der Waals surface area contributed by atoms with Crippen LogP contribution in [0.2, 0.25) is 0 Å². The molecule has 6 nitrogen and oxygen atoms in total. The monoisotopic (exact) mass is 431 g/mol. The van der Waals surface area contributed by atoms with Crippen LogP contribution in [0.1, 0.15) is 21.5 Å². The number of carbonyl (C=O) groups is 1. The summed E-state index contributed by atoms with van der Waals surface area (Å²) >= 11 is -2.84. The lowest BCUT2D eigenvalue weighted by Crippen LogP contribution is -2.20. The fraction of sp³-hybridized carbons (Fsp3) is 0.0417. The molecule has 4 aromatic carbocycles. The zero-order valence-electron chi connectivity index (χ0n) is 16.6. The SMILES string of the molecule is Cc1ccc(C(=O)c2ccc(N(OS(=O)[O-])c3ccccc3N)c3ccccc23)cc1. The average molecular weight is 431 g/mol. The van der Waals surface area contributed by atoms with E-state index in [0.717, 1.165) is 10.6 Å². The number of ketones is 1. The molecule has 156 valence electrons. The van der Waals surface area contributed by atoms with Gasteiger partial charge < -0.3 is 10.3 Å². The van der Waals surface area contributed by atoms with E-state index in [1.807, 2.05) is 37.3 Å². The molecule has 0 radical (unpaired) electrons. The summed E-state index contributed by atoms with van der Waals surface area (Å²) in [5.41, 5.74) is 9.37. The number of aryl methyl sites for hydroxylation is 1. The fourth-order valence-electron chi connectivity index (χ4n) is 3.46. The summed E-state index contributed by atoms with van der Waals surface area (Å²) < 4.78 is 28.0. The van der Waals surface area contributed by atoms with Gasteiger partial charge >= 0.3 is 0 Å². The summed E-state index contributed by atoms with van der Waals surface area (Å²) in [5.74, 6) is -0.123. The lowest BCUT2D eigenvalue weighted by Gasteiger charge is -2.26. The third-order valence-corrected chi connectivity index (χ3v) is 5.24. The van der Waals surface area contributed by atoms with Crippen LogP contribution < -0.4 is 10.8 Å². The molecule has 0 saturated carbocycles. The molecule has 0 fully saturated rings. The van der Waals surface area contributed by atoms with E-state index < -0.39 is 11.4 Å². The van der Waals surface area contributed by atoms with Crippen molar-refractivity contribution in [2.75, 3.05) is 10.8 Å². The van der Waals surface area contributed by atoms with Gasteiger partial charge in [-0.1, -0.05) is 66.2 Å². The van der Waals surface area contributed by atoms with Crippen LogP contribution in [0.25, 0.3) is 10.8 Å². The predicted octanol–water partition coefficient (Wildman–Crippen LogP) is 4.83. The lowest BCUT2D eigenvalue weighted by molar-refractivity contribution is 0.104. The summed E-state index contributed by atoms with van der Waals surface area (Å²) in [6.07, 6.45) is 0. The summed E-state index contributed by atoms with van der Waals surface area (Å²) in [6.45, 7) is 1.96. The molecule has 1 unspecified atom stereocenters. The van der Waals surface area contributed by atoms with Crippen molar-refractivity contribution >= 4 is 45.0 Å². The highest BCUT2D eigenvalue weighted by Crippen LogP contribution is 2.37. The number of benzene rings is 4. The molecule has 0 amide bonds. The van der Waals surface area contributed by atoms with Gasteiger partial charge in [-0.25, -0.2) is 9.27 Å². The average Bonchev–Trinajstić information content (AvgIpc) is 2.77. The van der Waals surface area contributed by atoms with Crippen LogP contribution in [0.4, 0.5) is 17.1 Å². The zero-order chi connectivity index (χ0) is 22.0. The highest BCUT2D eigenvalue weighted by atomic mass is 32.2. The van der Waals surface area contributed by atoms with Crippen LogP contribution in [0.3, 0.4) is 0 Å². The second-order valence-electron chi connectivity index (χ2n) is 7.00. The molecule has 1 atom stereocenters. The molecule has 0 aliphatic carbocycles. The molecule has 0 bridgehead atoms. The Bertz CT molecular complexity index is 1290. The largest absolute Gasteiger partial charge is 0.748 e. The van der Waals surface area contributed by atoms with E-state index >= 15 is 0 Å². The third kappa shape index (κ3) is 4.20. The molecule has 0 aliphatic rings. The number of nitrogens with zero attached hydrogens (tertiary/aromatic N) is 1. The van der Waals surface area contributed by atoms with Crippen LogP contribution in [-0.2, 0) is 15.6 Å². The predicted molar refractivity (Wildman–Crippen MR) is 122 cm³/mol. The summed E-state index contributed by atoms with van der Waals surface area (Å²) in [6, 6.07) is 24.7. The maximum Gasteiger partial charge on any atom is 0.193 e. The second-order valence-corrected chi connectivity index (χ2v) is 7.56. The van der Waals surface area contributed by atoms with Crippen molar-refractivity contribution in [3.05, 3.63) is 102 Å². The summed E-state index contributed by atoms with van der Waals surface area (Å²) in [7, 11) is 0. The third-order valence-electron chi connectivity index (χ3n) is 4.97. The second kappa shape index (κ2) is 8.69. The van der Waals surface area contributed by atoms with Crippen molar-refractivity contribution in [2.24, 2.45) is 0 Å². The van der Waals surface area contributed by atoms with Gasteiger partial charge in [0.25, 0.3) is 0 Å². The minimum atomic E-state index is -2.84. The van der Waals surface area contributed by atoms with Crippen molar-refractivity contribution in [1.82, 2.24) is 0 Å². The first kappa shape index (κ1) is 20.7. The highest BCUT2D eigenvalue weighted by molar-refractivity contribution is 7.74. The number of hydrogen-bond donors (Lipinski definition) is 1. The molecule has 31 heavy (non-hydrogen) atoms. The van der Waals surface area contributed by atoms with Gasteiger partial charge in [0.15, 0.2) is 5.78 Å². The number of hydrogen-bond acceptors (Lipinski definition) is 6. The minimum Gasteiger partial charge on any atom is -0.748 e. The first-order valence-electron chi connectivity index (χ1n) is 9.51. The maximum absolute atomic E-state index is 13.2. The number of nitrogen functional groups attached to an aromatic ring is 1. The minimum absolute atomic E-state index is 0.123. The molecule has 0 saturated heterocycles. The Balaban J connectivity index is 1.89. The molecule has 4 rings (SSSR count). The Morgan fingerprint density at radius 1 is 0.871 bits per heavy atom. The van der Waals surface area contributed by atoms with Gasteiger partial charge in [0.1, 0.15) is 11.4 Å². The Morgan fingerprint density at radius 2 is 1.52 bits per heavy atom. The molecule has 7 heteroatoms. The Morgan fingerprint density at radius 3 is 2.19 bits per heavy atom. The van der Waals surface area contributed by atoms with Gasteiger partial charge in [-0.05, 0) is 36.6 Å². The van der Waals surface area contributed by atoms with E-state index in [1.54, 1.807) is 54.6 Å². The van der Waals surface area contributed by atoms with Gasteiger partial charge in [-0.3, -0.25) is 4.79 Å².